The van der Waals surface area contributed by atoms with Crippen LogP contribution in [0.5, 0.6) is 5.75 Å². The van der Waals surface area contributed by atoms with E-state index in [4.69, 9.17) is 28.3 Å². The van der Waals surface area contributed by atoms with Crippen LogP contribution in [0.2, 0.25) is 10.0 Å². The van der Waals surface area contributed by atoms with Gasteiger partial charge in [-0.05, 0) is 36.4 Å². The second kappa shape index (κ2) is 5.82. The molecule has 0 unspecified atom stereocenters. The molecular weight excluding hydrogens is 287 g/mol. The minimum Gasteiger partial charge on any atom is -0.508 e. The Bertz CT molecular complexity index is 580. The van der Waals surface area contributed by atoms with Gasteiger partial charge in [-0.2, -0.15) is 0 Å². The van der Waals surface area contributed by atoms with E-state index in [-0.39, 0.29) is 5.75 Å². The molecule has 0 atom stereocenters. The van der Waals surface area contributed by atoms with Crippen LogP contribution in [0.15, 0.2) is 42.5 Å². The molecule has 0 bridgehead atoms. The number of phenols is 1. The van der Waals surface area contributed by atoms with Crippen molar-refractivity contribution in [3.8, 4) is 5.75 Å². The number of hydrogen-bond donors (Lipinski definition) is 3. The zero-order chi connectivity index (χ0) is 13.8. The third-order valence-corrected chi connectivity index (χ3v) is 2.96. The van der Waals surface area contributed by atoms with Gasteiger partial charge in [0.1, 0.15) is 5.75 Å². The van der Waals surface area contributed by atoms with Crippen LogP contribution in [0.4, 0.5) is 16.2 Å². The van der Waals surface area contributed by atoms with Gasteiger partial charge in [-0.1, -0.05) is 29.3 Å². The molecule has 0 saturated carbocycles. The summed E-state index contributed by atoms with van der Waals surface area (Å²) in [6.07, 6.45) is 0. The predicted octanol–water partition coefficient (Wildman–Crippen LogP) is 4.34. The van der Waals surface area contributed by atoms with Crippen molar-refractivity contribution in [3.05, 3.63) is 52.5 Å². The van der Waals surface area contributed by atoms with Crippen molar-refractivity contribution in [2.45, 2.75) is 0 Å². The number of hydrogen-bond acceptors (Lipinski definition) is 2. The summed E-state index contributed by atoms with van der Waals surface area (Å²) in [6, 6.07) is 10.6. The van der Waals surface area contributed by atoms with Crippen LogP contribution in [-0.4, -0.2) is 11.1 Å². The quantitative estimate of drug-likeness (QED) is 0.722. The van der Waals surface area contributed by atoms with Crippen LogP contribution in [0.3, 0.4) is 0 Å². The Labute approximate surface area is 120 Å². The molecule has 4 nitrogen and oxygen atoms in total. The van der Waals surface area contributed by atoms with Crippen molar-refractivity contribution < 1.29 is 9.90 Å². The molecule has 2 rings (SSSR count). The maximum atomic E-state index is 11.8. The molecule has 6 heteroatoms. The maximum Gasteiger partial charge on any atom is 0.323 e. The number of phenolic OH excluding ortho intramolecular Hbond substituents is 1. The molecule has 0 saturated heterocycles. The highest BCUT2D eigenvalue weighted by atomic mass is 35.5. The smallest absolute Gasteiger partial charge is 0.323 e. The molecule has 2 aromatic rings. The summed E-state index contributed by atoms with van der Waals surface area (Å²) in [5, 5.41) is 15.0. The van der Waals surface area contributed by atoms with E-state index in [1.165, 1.54) is 12.1 Å². The molecular formula is C13H10Cl2N2O2. The minimum absolute atomic E-state index is 0.125. The Morgan fingerprint density at radius 1 is 0.947 bits per heavy atom. The molecule has 0 aromatic heterocycles. The second-order valence-corrected chi connectivity index (χ2v) is 4.54. The first-order chi connectivity index (χ1) is 9.06. The summed E-state index contributed by atoms with van der Waals surface area (Å²) in [5.74, 6) is 0.125. The molecule has 0 radical (unpaired) electrons. The minimum atomic E-state index is -0.472. The van der Waals surface area contributed by atoms with E-state index in [0.717, 1.165) is 0 Å². The zero-order valence-electron chi connectivity index (χ0n) is 9.65. The molecule has 3 N–H and O–H groups in total. The van der Waals surface area contributed by atoms with Crippen LogP contribution < -0.4 is 10.6 Å². The third-order valence-electron chi connectivity index (χ3n) is 2.33. The van der Waals surface area contributed by atoms with Gasteiger partial charge in [-0.3, -0.25) is 0 Å². The molecule has 2 amide bonds. The number of carbonyl (C=O) groups is 1. The summed E-state index contributed by atoms with van der Waals surface area (Å²) in [7, 11) is 0. The van der Waals surface area contributed by atoms with Gasteiger partial charge in [0.25, 0.3) is 0 Å². The Balaban J connectivity index is 2.07. The fourth-order valence-corrected chi connectivity index (χ4v) is 1.93. The van der Waals surface area contributed by atoms with Gasteiger partial charge in [0, 0.05) is 5.69 Å². The molecule has 19 heavy (non-hydrogen) atoms. The highest BCUT2D eigenvalue weighted by Crippen LogP contribution is 2.29. The number of urea groups is 1. The van der Waals surface area contributed by atoms with Crippen LogP contribution in [0, 0.1) is 0 Å². The first-order valence-corrected chi connectivity index (χ1v) is 6.13. The molecule has 0 fully saturated rings. The van der Waals surface area contributed by atoms with E-state index in [0.29, 0.717) is 21.4 Å². The third kappa shape index (κ3) is 3.53. The summed E-state index contributed by atoms with van der Waals surface area (Å²) in [4.78, 5) is 11.8. The lowest BCUT2D eigenvalue weighted by Crippen LogP contribution is -2.19. The summed E-state index contributed by atoms with van der Waals surface area (Å²) >= 11 is 11.9. The largest absolute Gasteiger partial charge is 0.508 e. The molecule has 0 aliphatic heterocycles. The van der Waals surface area contributed by atoms with E-state index in [2.05, 4.69) is 10.6 Å². The second-order valence-electron chi connectivity index (χ2n) is 3.72. The molecule has 0 heterocycles. The number of rotatable bonds is 2. The molecule has 0 spiro atoms. The van der Waals surface area contributed by atoms with Crippen LogP contribution >= 0.6 is 23.2 Å². The monoisotopic (exact) mass is 296 g/mol. The van der Waals surface area contributed by atoms with Gasteiger partial charge >= 0.3 is 6.03 Å². The number of nitrogens with one attached hydrogen (secondary N) is 2. The fourth-order valence-electron chi connectivity index (χ4n) is 1.44. The Kier molecular flexibility index (Phi) is 4.14. The van der Waals surface area contributed by atoms with E-state index < -0.39 is 6.03 Å². The first kappa shape index (κ1) is 13.5. The highest BCUT2D eigenvalue weighted by molar-refractivity contribution is 6.39. The molecule has 0 aliphatic carbocycles. The van der Waals surface area contributed by atoms with Crippen molar-refractivity contribution in [1.82, 2.24) is 0 Å². The Morgan fingerprint density at radius 3 is 2.11 bits per heavy atom. The molecule has 98 valence electrons. The van der Waals surface area contributed by atoms with Gasteiger partial charge < -0.3 is 15.7 Å². The van der Waals surface area contributed by atoms with Gasteiger partial charge in [0.2, 0.25) is 0 Å². The van der Waals surface area contributed by atoms with Crippen molar-refractivity contribution in [3.63, 3.8) is 0 Å². The number of halogens is 2. The number of aromatic hydroxyl groups is 1. The number of benzene rings is 2. The summed E-state index contributed by atoms with van der Waals surface area (Å²) in [5.41, 5.74) is 0.889. The SMILES string of the molecule is O=C(Nc1ccc(O)cc1)Nc1c(Cl)cccc1Cl. The predicted molar refractivity (Wildman–Crippen MR) is 77.2 cm³/mol. The fraction of sp³-hybridized carbons (Fsp3) is 0. The number of amides is 2. The summed E-state index contributed by atoms with van der Waals surface area (Å²) in [6.45, 7) is 0. The van der Waals surface area contributed by atoms with E-state index in [1.807, 2.05) is 0 Å². The number of carbonyl (C=O) groups excluding carboxylic acids is 1. The average Bonchev–Trinajstić information content (AvgIpc) is 2.37. The normalized spacial score (nSPS) is 10.0. The van der Waals surface area contributed by atoms with Crippen molar-refractivity contribution >= 4 is 40.6 Å². The number of para-hydroxylation sites is 1. The lowest BCUT2D eigenvalue weighted by molar-refractivity contribution is 0.262. The van der Waals surface area contributed by atoms with Gasteiger partial charge in [0.05, 0.1) is 15.7 Å². The van der Waals surface area contributed by atoms with Crippen LogP contribution in [0.1, 0.15) is 0 Å². The van der Waals surface area contributed by atoms with Crippen LogP contribution in [0.25, 0.3) is 0 Å². The molecule has 2 aromatic carbocycles. The van der Waals surface area contributed by atoms with Crippen molar-refractivity contribution in [2.75, 3.05) is 10.6 Å². The highest BCUT2D eigenvalue weighted by Gasteiger charge is 2.09. The number of anilines is 2. The topological polar surface area (TPSA) is 61.4 Å². The lowest BCUT2D eigenvalue weighted by atomic mass is 10.3. The average molecular weight is 297 g/mol. The standard InChI is InChI=1S/C13H10Cl2N2O2/c14-10-2-1-3-11(15)12(10)17-13(19)16-8-4-6-9(18)7-5-8/h1-7,18H,(H2,16,17,19). The first-order valence-electron chi connectivity index (χ1n) is 5.37. The molecule has 0 aliphatic rings. The van der Waals surface area contributed by atoms with E-state index in [9.17, 15) is 4.79 Å². The van der Waals surface area contributed by atoms with E-state index in [1.54, 1.807) is 30.3 Å². The Morgan fingerprint density at radius 2 is 1.53 bits per heavy atom. The Hall–Kier alpha value is -1.91. The lowest BCUT2D eigenvalue weighted by Gasteiger charge is -2.10. The van der Waals surface area contributed by atoms with Gasteiger partial charge in [-0.15, -0.1) is 0 Å². The zero-order valence-corrected chi connectivity index (χ0v) is 11.2. The summed E-state index contributed by atoms with van der Waals surface area (Å²) < 4.78 is 0. The van der Waals surface area contributed by atoms with Gasteiger partial charge in [-0.25, -0.2) is 4.79 Å². The van der Waals surface area contributed by atoms with E-state index >= 15 is 0 Å². The van der Waals surface area contributed by atoms with Crippen molar-refractivity contribution in [2.24, 2.45) is 0 Å². The maximum absolute atomic E-state index is 11.8. The van der Waals surface area contributed by atoms with Crippen molar-refractivity contribution in [1.29, 1.82) is 0 Å². The van der Waals surface area contributed by atoms with Gasteiger partial charge in [0.15, 0.2) is 0 Å². The van der Waals surface area contributed by atoms with Crippen LogP contribution in [-0.2, 0) is 0 Å².